The third kappa shape index (κ3) is 4.89. The molecule has 1 rings (SSSR count). The summed E-state index contributed by atoms with van der Waals surface area (Å²) in [5, 5.41) is 12.2. The summed E-state index contributed by atoms with van der Waals surface area (Å²) in [5.41, 5.74) is 0.833. The number of carbonyl (C=O) groups excluding carboxylic acids is 1. The Balaban J connectivity index is 2.40. The van der Waals surface area contributed by atoms with Crippen LogP contribution in [-0.4, -0.2) is 17.6 Å². The van der Waals surface area contributed by atoms with Crippen molar-refractivity contribution >= 4 is 5.91 Å². The van der Waals surface area contributed by atoms with Gasteiger partial charge in [0, 0.05) is 6.54 Å². The van der Waals surface area contributed by atoms with Gasteiger partial charge in [0.2, 0.25) is 5.91 Å². The Labute approximate surface area is 103 Å². The van der Waals surface area contributed by atoms with Crippen LogP contribution in [0.1, 0.15) is 26.3 Å². The van der Waals surface area contributed by atoms with Crippen molar-refractivity contribution in [1.82, 2.24) is 5.32 Å². The van der Waals surface area contributed by atoms with Gasteiger partial charge in [0.05, 0.1) is 6.42 Å². The predicted molar refractivity (Wildman–Crippen MR) is 68.8 cm³/mol. The van der Waals surface area contributed by atoms with Crippen LogP contribution in [0.5, 0.6) is 5.75 Å². The van der Waals surface area contributed by atoms with Crippen LogP contribution in [0.15, 0.2) is 24.3 Å². The van der Waals surface area contributed by atoms with E-state index in [1.54, 1.807) is 18.2 Å². The van der Waals surface area contributed by atoms with Gasteiger partial charge in [0.25, 0.3) is 0 Å². The van der Waals surface area contributed by atoms with E-state index < -0.39 is 0 Å². The fourth-order valence-corrected chi connectivity index (χ4v) is 1.42. The lowest BCUT2D eigenvalue weighted by molar-refractivity contribution is -0.120. The minimum absolute atomic E-state index is 0.00287. The SMILES string of the molecule is CC(C)C(C)CNC(=O)Cc1cccc(O)c1. The molecule has 0 saturated heterocycles. The zero-order valence-corrected chi connectivity index (χ0v) is 10.7. The minimum Gasteiger partial charge on any atom is -0.508 e. The first-order valence-corrected chi connectivity index (χ1v) is 6.03. The number of aromatic hydroxyl groups is 1. The first-order chi connectivity index (χ1) is 7.99. The van der Waals surface area contributed by atoms with Crippen LogP contribution < -0.4 is 5.32 Å². The summed E-state index contributed by atoms with van der Waals surface area (Å²) in [6.45, 7) is 7.12. The predicted octanol–water partition coefficient (Wildman–Crippen LogP) is 2.34. The van der Waals surface area contributed by atoms with E-state index in [2.05, 4.69) is 26.1 Å². The lowest BCUT2D eigenvalue weighted by atomic mass is 9.98. The second-order valence-corrected chi connectivity index (χ2v) is 4.87. The van der Waals surface area contributed by atoms with Crippen molar-refractivity contribution in [2.24, 2.45) is 11.8 Å². The Morgan fingerprint density at radius 2 is 2.06 bits per heavy atom. The van der Waals surface area contributed by atoms with Crippen molar-refractivity contribution < 1.29 is 9.90 Å². The third-order valence-electron chi connectivity index (χ3n) is 3.03. The van der Waals surface area contributed by atoms with Crippen molar-refractivity contribution in [2.75, 3.05) is 6.54 Å². The number of benzene rings is 1. The maximum Gasteiger partial charge on any atom is 0.224 e. The van der Waals surface area contributed by atoms with Crippen LogP contribution in [-0.2, 0) is 11.2 Å². The molecule has 3 nitrogen and oxygen atoms in total. The molecule has 1 atom stereocenters. The van der Waals surface area contributed by atoms with Gasteiger partial charge in [-0.3, -0.25) is 4.79 Å². The van der Waals surface area contributed by atoms with Crippen molar-refractivity contribution in [3.05, 3.63) is 29.8 Å². The molecule has 0 saturated carbocycles. The van der Waals surface area contributed by atoms with E-state index in [0.717, 1.165) is 5.56 Å². The number of phenolic OH excluding ortho intramolecular Hbond substituents is 1. The molecule has 0 aliphatic rings. The molecule has 1 unspecified atom stereocenters. The summed E-state index contributed by atoms with van der Waals surface area (Å²) in [7, 11) is 0. The molecule has 0 aliphatic heterocycles. The Hall–Kier alpha value is -1.51. The van der Waals surface area contributed by atoms with Crippen LogP contribution >= 0.6 is 0 Å². The first kappa shape index (κ1) is 13.6. The molecule has 0 aliphatic carbocycles. The molecule has 0 heterocycles. The fraction of sp³-hybridized carbons (Fsp3) is 0.500. The quantitative estimate of drug-likeness (QED) is 0.823. The fourth-order valence-electron chi connectivity index (χ4n) is 1.42. The van der Waals surface area contributed by atoms with E-state index in [-0.39, 0.29) is 11.7 Å². The molecular formula is C14H21NO2. The molecule has 0 fully saturated rings. The molecule has 1 amide bonds. The Morgan fingerprint density at radius 1 is 1.35 bits per heavy atom. The standard InChI is InChI=1S/C14H21NO2/c1-10(2)11(3)9-15-14(17)8-12-5-4-6-13(16)7-12/h4-7,10-11,16H,8-9H2,1-3H3,(H,15,17). The molecule has 1 aromatic carbocycles. The number of rotatable bonds is 5. The molecular weight excluding hydrogens is 214 g/mol. The zero-order valence-electron chi connectivity index (χ0n) is 10.7. The smallest absolute Gasteiger partial charge is 0.224 e. The molecule has 0 spiro atoms. The van der Waals surface area contributed by atoms with Crippen LogP contribution in [0, 0.1) is 11.8 Å². The summed E-state index contributed by atoms with van der Waals surface area (Å²) in [4.78, 5) is 11.7. The van der Waals surface area contributed by atoms with Gasteiger partial charge >= 0.3 is 0 Å². The van der Waals surface area contributed by atoms with Gasteiger partial charge < -0.3 is 10.4 Å². The largest absolute Gasteiger partial charge is 0.508 e. The minimum atomic E-state index is 0.00287. The van der Waals surface area contributed by atoms with Crippen LogP contribution in [0.3, 0.4) is 0 Å². The number of hydrogen-bond donors (Lipinski definition) is 2. The van der Waals surface area contributed by atoms with Crippen molar-refractivity contribution in [2.45, 2.75) is 27.2 Å². The maximum atomic E-state index is 11.7. The summed E-state index contributed by atoms with van der Waals surface area (Å²) in [5.74, 6) is 1.24. The van der Waals surface area contributed by atoms with Crippen molar-refractivity contribution in [1.29, 1.82) is 0 Å². The Morgan fingerprint density at radius 3 is 2.65 bits per heavy atom. The molecule has 0 aromatic heterocycles. The molecule has 3 heteroatoms. The summed E-state index contributed by atoms with van der Waals surface area (Å²) in [6.07, 6.45) is 0.319. The number of phenols is 1. The number of hydrogen-bond acceptors (Lipinski definition) is 2. The average Bonchev–Trinajstić information content (AvgIpc) is 2.25. The highest BCUT2D eigenvalue weighted by Gasteiger charge is 2.09. The Bertz CT molecular complexity index is 374. The van der Waals surface area contributed by atoms with E-state index in [9.17, 15) is 9.90 Å². The third-order valence-corrected chi connectivity index (χ3v) is 3.03. The summed E-state index contributed by atoms with van der Waals surface area (Å²) >= 11 is 0. The molecule has 94 valence electrons. The topological polar surface area (TPSA) is 49.3 Å². The van der Waals surface area contributed by atoms with Crippen molar-refractivity contribution in [3.63, 3.8) is 0 Å². The second kappa shape index (κ2) is 6.28. The average molecular weight is 235 g/mol. The summed E-state index contributed by atoms with van der Waals surface area (Å²) in [6, 6.07) is 6.80. The van der Waals surface area contributed by atoms with Crippen molar-refractivity contribution in [3.8, 4) is 5.75 Å². The number of carbonyl (C=O) groups is 1. The molecule has 2 N–H and O–H groups in total. The van der Waals surface area contributed by atoms with Crippen LogP contribution in [0.2, 0.25) is 0 Å². The lowest BCUT2D eigenvalue weighted by Gasteiger charge is -2.16. The van der Waals surface area contributed by atoms with Gasteiger partial charge in [-0.2, -0.15) is 0 Å². The van der Waals surface area contributed by atoms with E-state index in [0.29, 0.717) is 24.8 Å². The molecule has 0 bridgehead atoms. The van der Waals surface area contributed by atoms with Gasteiger partial charge in [-0.05, 0) is 29.5 Å². The normalized spacial score (nSPS) is 12.5. The molecule has 1 aromatic rings. The monoisotopic (exact) mass is 235 g/mol. The van der Waals surface area contributed by atoms with Gasteiger partial charge in [0.15, 0.2) is 0 Å². The van der Waals surface area contributed by atoms with Gasteiger partial charge in [-0.1, -0.05) is 32.9 Å². The maximum absolute atomic E-state index is 11.7. The molecule has 17 heavy (non-hydrogen) atoms. The van der Waals surface area contributed by atoms with Gasteiger partial charge in [-0.25, -0.2) is 0 Å². The van der Waals surface area contributed by atoms with Gasteiger partial charge in [0.1, 0.15) is 5.75 Å². The highest BCUT2D eigenvalue weighted by molar-refractivity contribution is 5.78. The zero-order chi connectivity index (χ0) is 12.8. The Kier molecular flexibility index (Phi) is 5.01. The molecule has 0 radical (unpaired) electrons. The second-order valence-electron chi connectivity index (χ2n) is 4.87. The summed E-state index contributed by atoms with van der Waals surface area (Å²) < 4.78 is 0. The number of amides is 1. The van der Waals surface area contributed by atoms with E-state index in [1.165, 1.54) is 0 Å². The van der Waals surface area contributed by atoms with Gasteiger partial charge in [-0.15, -0.1) is 0 Å². The van der Waals surface area contributed by atoms with E-state index in [1.807, 2.05) is 6.07 Å². The van der Waals surface area contributed by atoms with E-state index >= 15 is 0 Å². The number of nitrogens with one attached hydrogen (secondary N) is 1. The first-order valence-electron chi connectivity index (χ1n) is 6.03. The highest BCUT2D eigenvalue weighted by Crippen LogP contribution is 2.11. The highest BCUT2D eigenvalue weighted by atomic mass is 16.3. The van der Waals surface area contributed by atoms with Crippen LogP contribution in [0.25, 0.3) is 0 Å². The van der Waals surface area contributed by atoms with E-state index in [4.69, 9.17) is 0 Å². The lowest BCUT2D eigenvalue weighted by Crippen LogP contribution is -2.31. The van der Waals surface area contributed by atoms with Crippen LogP contribution in [0.4, 0.5) is 0 Å².